The van der Waals surface area contributed by atoms with Gasteiger partial charge in [-0.1, -0.05) is 6.07 Å². The first-order valence-electron chi connectivity index (χ1n) is 10.4. The van der Waals surface area contributed by atoms with Gasteiger partial charge < -0.3 is 19.2 Å². The summed E-state index contributed by atoms with van der Waals surface area (Å²) in [6.07, 6.45) is 2.46. The Bertz CT molecular complexity index is 735. The number of hydrogen-bond donors (Lipinski definition) is 1. The van der Waals surface area contributed by atoms with Gasteiger partial charge in [-0.15, -0.1) is 0 Å². The highest BCUT2D eigenvalue weighted by molar-refractivity contribution is 5.36. The third kappa shape index (κ3) is 5.84. The average Bonchev–Trinajstić information content (AvgIpc) is 3.09. The zero-order chi connectivity index (χ0) is 19.9. The molecular formula is C23H34N2O3. The van der Waals surface area contributed by atoms with Crippen molar-refractivity contribution in [2.45, 2.75) is 46.4 Å². The summed E-state index contributed by atoms with van der Waals surface area (Å²) in [5.74, 6) is 3.59. The van der Waals surface area contributed by atoms with Crippen LogP contribution in [0.5, 0.6) is 5.75 Å². The molecule has 5 heteroatoms. The predicted octanol–water partition coefficient (Wildman–Crippen LogP) is 3.82. The van der Waals surface area contributed by atoms with Gasteiger partial charge in [0.25, 0.3) is 0 Å². The topological polar surface area (TPSA) is 49.1 Å². The molecule has 0 aliphatic carbocycles. The maximum Gasteiger partial charge on any atom is 0.124 e. The van der Waals surface area contributed by atoms with E-state index in [0.717, 1.165) is 61.5 Å². The third-order valence-corrected chi connectivity index (χ3v) is 5.50. The molecule has 0 atom stereocenters. The van der Waals surface area contributed by atoms with Crippen LogP contribution >= 0.6 is 0 Å². The summed E-state index contributed by atoms with van der Waals surface area (Å²) < 4.78 is 11.3. The second kappa shape index (κ2) is 10.1. The fourth-order valence-electron chi connectivity index (χ4n) is 4.09. The second-order valence-corrected chi connectivity index (χ2v) is 7.96. The highest BCUT2D eigenvalue weighted by Gasteiger charge is 2.21. The van der Waals surface area contributed by atoms with Crippen LogP contribution in [0.2, 0.25) is 0 Å². The summed E-state index contributed by atoms with van der Waals surface area (Å²) in [4.78, 5) is 4.89. The standard InChI is InChI=1S/C23H34N2O3/c1-4-27-23-8-6-20(13-21(23)17-26)15-24(3)14-19-9-11-25(12-10-19)16-22-7-5-18(2)28-22/h5-8,13,19,26H,4,9-12,14-17H2,1-3H3. The van der Waals surface area contributed by atoms with Gasteiger partial charge in [0.1, 0.15) is 17.3 Å². The van der Waals surface area contributed by atoms with Gasteiger partial charge in [0.15, 0.2) is 0 Å². The fraction of sp³-hybridized carbons (Fsp3) is 0.565. The normalized spacial score (nSPS) is 16.0. The molecule has 154 valence electrons. The van der Waals surface area contributed by atoms with Crippen molar-refractivity contribution in [1.29, 1.82) is 0 Å². The number of likely N-dealkylation sites (tertiary alicyclic amines) is 1. The van der Waals surface area contributed by atoms with E-state index in [2.05, 4.69) is 35.0 Å². The summed E-state index contributed by atoms with van der Waals surface area (Å²) in [6.45, 7) is 9.79. The lowest BCUT2D eigenvalue weighted by Crippen LogP contribution is -2.37. The highest BCUT2D eigenvalue weighted by atomic mass is 16.5. The van der Waals surface area contributed by atoms with Gasteiger partial charge in [-0.05, 0) is 82.6 Å². The Balaban J connectivity index is 1.44. The molecule has 0 unspecified atom stereocenters. The molecule has 1 fully saturated rings. The van der Waals surface area contributed by atoms with Crippen LogP contribution in [0.25, 0.3) is 0 Å². The molecule has 1 aliphatic heterocycles. The summed E-state index contributed by atoms with van der Waals surface area (Å²) in [7, 11) is 2.19. The minimum absolute atomic E-state index is 0.0144. The minimum Gasteiger partial charge on any atom is -0.494 e. The number of furan rings is 1. The smallest absolute Gasteiger partial charge is 0.124 e. The van der Waals surface area contributed by atoms with E-state index in [4.69, 9.17) is 9.15 Å². The van der Waals surface area contributed by atoms with E-state index in [1.165, 1.54) is 18.4 Å². The highest BCUT2D eigenvalue weighted by Crippen LogP contribution is 2.23. The van der Waals surface area contributed by atoms with E-state index < -0.39 is 0 Å². The van der Waals surface area contributed by atoms with Crippen LogP contribution < -0.4 is 4.74 Å². The molecule has 1 aromatic heterocycles. The van der Waals surface area contributed by atoms with Crippen molar-refractivity contribution in [1.82, 2.24) is 9.80 Å². The molecule has 0 bridgehead atoms. The first-order valence-corrected chi connectivity index (χ1v) is 10.4. The molecule has 0 amide bonds. The Hall–Kier alpha value is -1.82. The van der Waals surface area contributed by atoms with Crippen molar-refractivity contribution in [3.8, 4) is 5.75 Å². The molecule has 3 rings (SSSR count). The van der Waals surface area contributed by atoms with Crippen molar-refractivity contribution in [2.24, 2.45) is 5.92 Å². The number of benzene rings is 1. The van der Waals surface area contributed by atoms with E-state index in [1.54, 1.807) is 0 Å². The molecule has 2 heterocycles. The molecule has 0 radical (unpaired) electrons. The summed E-state index contributed by atoms with van der Waals surface area (Å²) in [5.41, 5.74) is 2.09. The van der Waals surface area contributed by atoms with E-state index in [1.807, 2.05) is 26.0 Å². The molecule has 2 aromatic rings. The summed E-state index contributed by atoms with van der Waals surface area (Å²) >= 11 is 0. The van der Waals surface area contributed by atoms with E-state index in [0.29, 0.717) is 6.61 Å². The van der Waals surface area contributed by atoms with Crippen molar-refractivity contribution in [3.63, 3.8) is 0 Å². The first kappa shape index (κ1) is 20.9. The van der Waals surface area contributed by atoms with Crippen LogP contribution in [0, 0.1) is 12.8 Å². The van der Waals surface area contributed by atoms with Gasteiger partial charge in [0.05, 0.1) is 19.8 Å². The number of piperidine rings is 1. The van der Waals surface area contributed by atoms with Gasteiger partial charge in [-0.3, -0.25) is 4.90 Å². The van der Waals surface area contributed by atoms with E-state index in [-0.39, 0.29) is 6.61 Å². The Morgan fingerprint density at radius 2 is 2.00 bits per heavy atom. The van der Waals surface area contributed by atoms with Gasteiger partial charge in [-0.25, -0.2) is 0 Å². The zero-order valence-electron chi connectivity index (χ0n) is 17.5. The SMILES string of the molecule is CCOc1ccc(CN(C)CC2CCN(Cc3ccc(C)o3)CC2)cc1CO. The summed E-state index contributed by atoms with van der Waals surface area (Å²) in [6, 6.07) is 10.3. The van der Waals surface area contributed by atoms with Crippen LogP contribution in [0.1, 0.15) is 42.4 Å². The number of rotatable bonds is 9. The van der Waals surface area contributed by atoms with Crippen LogP contribution in [0.15, 0.2) is 34.7 Å². The minimum atomic E-state index is 0.0144. The van der Waals surface area contributed by atoms with Crippen LogP contribution in [-0.4, -0.2) is 48.2 Å². The lowest BCUT2D eigenvalue weighted by molar-refractivity contribution is 0.140. The first-order chi connectivity index (χ1) is 13.6. The molecular weight excluding hydrogens is 352 g/mol. The molecule has 1 aliphatic rings. The lowest BCUT2D eigenvalue weighted by atomic mass is 9.96. The van der Waals surface area contributed by atoms with E-state index >= 15 is 0 Å². The maximum atomic E-state index is 9.59. The molecule has 0 saturated carbocycles. The molecule has 5 nitrogen and oxygen atoms in total. The molecule has 1 N–H and O–H groups in total. The zero-order valence-corrected chi connectivity index (χ0v) is 17.5. The van der Waals surface area contributed by atoms with Crippen molar-refractivity contribution >= 4 is 0 Å². The molecule has 28 heavy (non-hydrogen) atoms. The number of hydrogen-bond acceptors (Lipinski definition) is 5. The quantitative estimate of drug-likeness (QED) is 0.710. The maximum absolute atomic E-state index is 9.59. The van der Waals surface area contributed by atoms with Crippen LogP contribution in [-0.2, 0) is 19.7 Å². The number of aliphatic hydroxyl groups is 1. The van der Waals surface area contributed by atoms with Gasteiger partial charge in [0, 0.05) is 18.7 Å². The monoisotopic (exact) mass is 386 g/mol. The fourth-order valence-corrected chi connectivity index (χ4v) is 4.09. The number of ether oxygens (including phenoxy) is 1. The average molecular weight is 387 g/mol. The van der Waals surface area contributed by atoms with Crippen molar-refractivity contribution in [2.75, 3.05) is 33.3 Å². The Morgan fingerprint density at radius 1 is 1.21 bits per heavy atom. The van der Waals surface area contributed by atoms with Gasteiger partial charge in [-0.2, -0.15) is 0 Å². The van der Waals surface area contributed by atoms with Crippen molar-refractivity contribution < 1.29 is 14.3 Å². The van der Waals surface area contributed by atoms with Gasteiger partial charge in [0.2, 0.25) is 0 Å². The lowest BCUT2D eigenvalue weighted by Gasteiger charge is -2.33. The number of aliphatic hydroxyl groups excluding tert-OH is 1. The molecule has 0 spiro atoms. The Labute approximate surface area is 168 Å². The van der Waals surface area contributed by atoms with E-state index in [9.17, 15) is 5.11 Å². The Kier molecular flexibility index (Phi) is 7.54. The van der Waals surface area contributed by atoms with Crippen molar-refractivity contribution in [3.05, 3.63) is 53.0 Å². The summed E-state index contributed by atoms with van der Waals surface area (Å²) in [5, 5.41) is 9.59. The van der Waals surface area contributed by atoms with Gasteiger partial charge >= 0.3 is 0 Å². The number of nitrogens with zero attached hydrogens (tertiary/aromatic N) is 2. The van der Waals surface area contributed by atoms with Crippen LogP contribution in [0.3, 0.4) is 0 Å². The second-order valence-electron chi connectivity index (χ2n) is 7.96. The molecule has 1 saturated heterocycles. The third-order valence-electron chi connectivity index (χ3n) is 5.50. The number of aryl methyl sites for hydroxylation is 1. The predicted molar refractivity (Wildman–Crippen MR) is 111 cm³/mol. The largest absolute Gasteiger partial charge is 0.494 e. The molecule has 1 aromatic carbocycles. The Morgan fingerprint density at radius 3 is 2.64 bits per heavy atom. The van der Waals surface area contributed by atoms with Crippen LogP contribution in [0.4, 0.5) is 0 Å².